The van der Waals surface area contributed by atoms with Crippen molar-refractivity contribution in [3.8, 4) is 11.8 Å². The standard InChI is InChI=1S/C20H19N5O2S/c1-12-9-13(2)22-20(16(12)11-21)28-14(3)19(27)23-17-10-18(26)25(24-17)15-7-5-4-6-8-15/h4-10,14,24H,1-3H3,(H,23,27). The molecule has 0 radical (unpaired) electrons. The van der Waals surface area contributed by atoms with Gasteiger partial charge in [-0.05, 0) is 44.5 Å². The molecule has 0 aliphatic rings. The molecule has 1 aromatic carbocycles. The van der Waals surface area contributed by atoms with Crippen LogP contribution in [0.25, 0.3) is 5.69 Å². The molecule has 0 aliphatic heterocycles. The fourth-order valence-corrected chi connectivity index (χ4v) is 3.73. The summed E-state index contributed by atoms with van der Waals surface area (Å²) in [6.07, 6.45) is 0. The van der Waals surface area contributed by atoms with Crippen LogP contribution < -0.4 is 10.9 Å². The Morgan fingerprint density at radius 3 is 2.68 bits per heavy atom. The highest BCUT2D eigenvalue weighted by Crippen LogP contribution is 2.27. The summed E-state index contributed by atoms with van der Waals surface area (Å²) in [6, 6.07) is 14.4. The minimum atomic E-state index is -0.510. The number of hydrogen-bond donors (Lipinski definition) is 2. The molecule has 2 aromatic heterocycles. The molecule has 1 amide bonds. The van der Waals surface area contributed by atoms with E-state index in [0.29, 0.717) is 22.1 Å². The molecule has 1 atom stereocenters. The molecule has 0 spiro atoms. The zero-order valence-corrected chi connectivity index (χ0v) is 16.5. The number of carbonyl (C=O) groups is 1. The number of H-pyrrole nitrogens is 1. The number of nitrogens with one attached hydrogen (secondary N) is 2. The van der Waals surface area contributed by atoms with Gasteiger partial charge in [0.1, 0.15) is 16.9 Å². The van der Waals surface area contributed by atoms with Crippen LogP contribution in [0.3, 0.4) is 0 Å². The van der Waals surface area contributed by atoms with Gasteiger partial charge in [-0.25, -0.2) is 9.67 Å². The Morgan fingerprint density at radius 2 is 2.00 bits per heavy atom. The molecule has 0 saturated carbocycles. The van der Waals surface area contributed by atoms with Crippen LogP contribution in [0, 0.1) is 25.2 Å². The van der Waals surface area contributed by atoms with Gasteiger partial charge in [-0.3, -0.25) is 14.7 Å². The molecule has 142 valence electrons. The quantitative estimate of drug-likeness (QED) is 0.648. The van der Waals surface area contributed by atoms with E-state index in [1.165, 1.54) is 22.5 Å². The predicted octanol–water partition coefficient (Wildman–Crippen LogP) is 3.17. The molecule has 0 saturated heterocycles. The maximum absolute atomic E-state index is 12.6. The van der Waals surface area contributed by atoms with E-state index in [1.54, 1.807) is 19.1 Å². The topological polar surface area (TPSA) is 104 Å². The summed E-state index contributed by atoms with van der Waals surface area (Å²) in [6.45, 7) is 5.42. The maximum Gasteiger partial charge on any atom is 0.273 e. The Bertz CT molecular complexity index is 1110. The second-order valence-corrected chi connectivity index (χ2v) is 7.63. The Hall–Kier alpha value is -3.31. The van der Waals surface area contributed by atoms with Crippen molar-refractivity contribution in [2.75, 3.05) is 5.32 Å². The van der Waals surface area contributed by atoms with Crippen molar-refractivity contribution in [1.82, 2.24) is 14.8 Å². The number of carbonyl (C=O) groups excluding carboxylic acids is 1. The van der Waals surface area contributed by atoms with Crippen molar-refractivity contribution >= 4 is 23.5 Å². The minimum Gasteiger partial charge on any atom is -0.310 e. The normalized spacial score (nSPS) is 11.6. The lowest BCUT2D eigenvalue weighted by Gasteiger charge is -2.13. The molecule has 8 heteroatoms. The van der Waals surface area contributed by atoms with Gasteiger partial charge in [0.2, 0.25) is 5.91 Å². The highest BCUT2D eigenvalue weighted by atomic mass is 32.2. The van der Waals surface area contributed by atoms with Crippen molar-refractivity contribution in [2.24, 2.45) is 0 Å². The third-order valence-corrected chi connectivity index (χ3v) is 5.16. The molecule has 2 heterocycles. The number of para-hydroxylation sites is 1. The number of thioether (sulfide) groups is 1. The SMILES string of the molecule is Cc1cc(C)c(C#N)c(SC(C)C(=O)Nc2cc(=O)n(-c3ccccc3)[nH]2)n1. The van der Waals surface area contributed by atoms with Gasteiger partial charge in [-0.2, -0.15) is 5.26 Å². The van der Waals surface area contributed by atoms with Crippen molar-refractivity contribution in [2.45, 2.75) is 31.0 Å². The van der Waals surface area contributed by atoms with E-state index in [4.69, 9.17) is 0 Å². The predicted molar refractivity (Wildman–Crippen MR) is 109 cm³/mol. The number of nitrogens with zero attached hydrogens (tertiary/aromatic N) is 3. The van der Waals surface area contributed by atoms with Crippen LogP contribution in [0.4, 0.5) is 5.82 Å². The first kappa shape index (κ1) is 19.5. The number of nitriles is 1. The lowest BCUT2D eigenvalue weighted by Crippen LogP contribution is -2.23. The average Bonchev–Trinajstić information content (AvgIpc) is 3.02. The van der Waals surface area contributed by atoms with Gasteiger partial charge in [0, 0.05) is 11.8 Å². The van der Waals surface area contributed by atoms with Crippen LogP contribution in [0.5, 0.6) is 0 Å². The van der Waals surface area contributed by atoms with E-state index in [2.05, 4.69) is 21.5 Å². The van der Waals surface area contributed by atoms with Crippen molar-refractivity contribution in [1.29, 1.82) is 5.26 Å². The fraction of sp³-hybridized carbons (Fsp3) is 0.200. The van der Waals surface area contributed by atoms with Gasteiger partial charge in [0.15, 0.2) is 0 Å². The fourth-order valence-electron chi connectivity index (χ4n) is 2.71. The summed E-state index contributed by atoms with van der Waals surface area (Å²) in [5, 5.41) is 15.0. The van der Waals surface area contributed by atoms with Gasteiger partial charge in [-0.1, -0.05) is 30.0 Å². The number of hydrogen-bond acceptors (Lipinski definition) is 5. The number of anilines is 1. The summed E-state index contributed by atoms with van der Waals surface area (Å²) in [5.41, 5.74) is 2.49. The number of benzene rings is 1. The Kier molecular flexibility index (Phi) is 5.66. The summed E-state index contributed by atoms with van der Waals surface area (Å²) in [4.78, 5) is 29.1. The lowest BCUT2D eigenvalue weighted by molar-refractivity contribution is -0.115. The number of aryl methyl sites for hydroxylation is 2. The van der Waals surface area contributed by atoms with Crippen molar-refractivity contribution < 1.29 is 4.79 Å². The van der Waals surface area contributed by atoms with Gasteiger partial charge in [0.25, 0.3) is 5.56 Å². The number of aromatic amines is 1. The van der Waals surface area contributed by atoms with E-state index in [9.17, 15) is 14.9 Å². The van der Waals surface area contributed by atoms with E-state index in [1.807, 2.05) is 38.1 Å². The number of amides is 1. The molecular formula is C20H19N5O2S. The van der Waals surface area contributed by atoms with Crippen LogP contribution in [0.15, 0.2) is 52.3 Å². The van der Waals surface area contributed by atoms with Crippen LogP contribution in [0.2, 0.25) is 0 Å². The molecule has 1 unspecified atom stereocenters. The Morgan fingerprint density at radius 1 is 1.29 bits per heavy atom. The van der Waals surface area contributed by atoms with E-state index < -0.39 is 5.25 Å². The van der Waals surface area contributed by atoms with Crippen molar-refractivity contribution in [3.63, 3.8) is 0 Å². The number of aromatic nitrogens is 3. The molecule has 2 N–H and O–H groups in total. The van der Waals surface area contributed by atoms with Crippen molar-refractivity contribution in [3.05, 3.63) is 69.6 Å². The van der Waals surface area contributed by atoms with Crippen LogP contribution in [-0.4, -0.2) is 25.9 Å². The molecular weight excluding hydrogens is 374 g/mol. The number of pyridine rings is 1. The van der Waals surface area contributed by atoms with Gasteiger partial charge in [0.05, 0.1) is 16.5 Å². The molecule has 28 heavy (non-hydrogen) atoms. The van der Waals surface area contributed by atoms with E-state index >= 15 is 0 Å². The third kappa shape index (κ3) is 4.15. The van der Waals surface area contributed by atoms with Gasteiger partial charge < -0.3 is 5.32 Å². The number of rotatable bonds is 5. The summed E-state index contributed by atoms with van der Waals surface area (Å²) >= 11 is 1.21. The zero-order valence-electron chi connectivity index (χ0n) is 15.7. The second-order valence-electron chi connectivity index (χ2n) is 6.30. The van der Waals surface area contributed by atoms with Gasteiger partial charge in [-0.15, -0.1) is 0 Å². The maximum atomic E-state index is 12.6. The zero-order chi connectivity index (χ0) is 20.3. The van der Waals surface area contributed by atoms with Crippen LogP contribution >= 0.6 is 11.8 Å². The molecule has 7 nitrogen and oxygen atoms in total. The molecule has 3 rings (SSSR count). The first-order valence-corrected chi connectivity index (χ1v) is 9.50. The minimum absolute atomic E-state index is 0.274. The third-order valence-electron chi connectivity index (χ3n) is 4.07. The molecule has 3 aromatic rings. The monoisotopic (exact) mass is 393 g/mol. The Balaban J connectivity index is 1.76. The van der Waals surface area contributed by atoms with E-state index in [-0.39, 0.29) is 11.5 Å². The van der Waals surface area contributed by atoms with Crippen LogP contribution in [0.1, 0.15) is 23.7 Å². The highest BCUT2D eigenvalue weighted by molar-refractivity contribution is 8.00. The molecule has 0 bridgehead atoms. The van der Waals surface area contributed by atoms with Crippen LogP contribution in [-0.2, 0) is 4.79 Å². The van der Waals surface area contributed by atoms with E-state index in [0.717, 1.165) is 11.3 Å². The van der Waals surface area contributed by atoms with Gasteiger partial charge >= 0.3 is 0 Å². The average molecular weight is 393 g/mol. The Labute approximate surface area is 166 Å². The first-order valence-electron chi connectivity index (χ1n) is 8.62. The largest absolute Gasteiger partial charge is 0.310 e. The lowest BCUT2D eigenvalue weighted by atomic mass is 10.1. The molecule has 0 aliphatic carbocycles. The highest BCUT2D eigenvalue weighted by Gasteiger charge is 2.20. The smallest absolute Gasteiger partial charge is 0.273 e. The first-order chi connectivity index (χ1) is 13.4. The summed E-state index contributed by atoms with van der Waals surface area (Å²) in [7, 11) is 0. The summed E-state index contributed by atoms with van der Waals surface area (Å²) in [5.74, 6) is 0.0107. The second kappa shape index (κ2) is 8.15. The summed E-state index contributed by atoms with van der Waals surface area (Å²) < 4.78 is 1.35. The molecule has 0 fully saturated rings.